The number of halogens is 1. The SMILES string of the molecule is O=C(CCSCc1nc2sc3c(c2c(=O)[nH]1)CCC3)Nc1cc2c(cc1Cl)NC(=O)CO2. The molecule has 0 saturated heterocycles. The lowest BCUT2D eigenvalue weighted by Crippen LogP contribution is -2.25. The molecule has 32 heavy (non-hydrogen) atoms. The maximum atomic E-state index is 12.5. The standard InChI is InChI=1S/C21H19ClN4O4S2/c22-11-6-13-14(30-8-18(28)24-13)7-12(11)23-17(27)4-5-31-9-16-25-20(29)19-10-2-1-3-15(10)32-21(19)26-16/h6-7H,1-5,8-9H2,(H,23,27)(H,24,28)(H,25,26,29). The van der Waals surface area contributed by atoms with Crippen molar-refractivity contribution in [2.45, 2.75) is 31.4 Å². The van der Waals surface area contributed by atoms with Crippen molar-refractivity contribution in [1.29, 1.82) is 0 Å². The summed E-state index contributed by atoms with van der Waals surface area (Å²) >= 11 is 9.36. The number of hydrogen-bond acceptors (Lipinski definition) is 7. The lowest BCUT2D eigenvalue weighted by molar-refractivity contribution is -0.118. The molecule has 1 aliphatic heterocycles. The number of fused-ring (bicyclic) bond motifs is 4. The van der Waals surface area contributed by atoms with Crippen LogP contribution in [0, 0.1) is 0 Å². The first kappa shape index (κ1) is 21.3. The second kappa shape index (κ2) is 8.76. The number of ether oxygens (including phenoxy) is 1. The van der Waals surface area contributed by atoms with Crippen molar-refractivity contribution >= 4 is 68.1 Å². The number of anilines is 2. The monoisotopic (exact) mass is 490 g/mol. The third kappa shape index (κ3) is 4.22. The summed E-state index contributed by atoms with van der Waals surface area (Å²) in [4.78, 5) is 45.8. The highest BCUT2D eigenvalue weighted by Gasteiger charge is 2.21. The lowest BCUT2D eigenvalue weighted by atomic mass is 10.2. The number of thiophene rings is 1. The number of aromatic amines is 1. The van der Waals surface area contributed by atoms with Gasteiger partial charge in [-0.1, -0.05) is 11.6 Å². The Labute approximate surface area is 196 Å². The van der Waals surface area contributed by atoms with Crippen molar-refractivity contribution in [3.05, 3.63) is 43.8 Å². The van der Waals surface area contributed by atoms with Gasteiger partial charge in [0.2, 0.25) is 5.91 Å². The molecule has 2 amide bonds. The summed E-state index contributed by atoms with van der Waals surface area (Å²) in [6.45, 7) is -0.0747. The first-order valence-corrected chi connectivity index (χ1v) is 12.5. The number of rotatable bonds is 6. The zero-order valence-corrected chi connectivity index (χ0v) is 19.3. The first-order chi connectivity index (χ1) is 15.5. The van der Waals surface area contributed by atoms with Gasteiger partial charge in [-0.15, -0.1) is 11.3 Å². The maximum absolute atomic E-state index is 12.5. The van der Waals surface area contributed by atoms with Gasteiger partial charge in [-0.3, -0.25) is 14.4 Å². The van der Waals surface area contributed by atoms with E-state index in [9.17, 15) is 14.4 Å². The minimum atomic E-state index is -0.249. The van der Waals surface area contributed by atoms with Crippen LogP contribution in [-0.4, -0.2) is 34.1 Å². The number of aromatic nitrogens is 2. The Bertz CT molecular complexity index is 1300. The van der Waals surface area contributed by atoms with Crippen LogP contribution in [0.1, 0.15) is 29.1 Å². The highest BCUT2D eigenvalue weighted by molar-refractivity contribution is 7.98. The highest BCUT2D eigenvalue weighted by atomic mass is 35.5. The summed E-state index contributed by atoms with van der Waals surface area (Å²) in [5.74, 6) is 1.73. The van der Waals surface area contributed by atoms with E-state index in [-0.39, 0.29) is 30.4 Å². The van der Waals surface area contributed by atoms with Crippen LogP contribution in [0.4, 0.5) is 11.4 Å². The molecule has 1 aliphatic carbocycles. The zero-order valence-electron chi connectivity index (χ0n) is 16.9. The number of carbonyl (C=O) groups excluding carboxylic acids is 2. The summed E-state index contributed by atoms with van der Waals surface area (Å²) in [5, 5.41) is 6.51. The minimum Gasteiger partial charge on any atom is -0.482 e. The van der Waals surface area contributed by atoms with E-state index in [1.54, 1.807) is 23.5 Å². The van der Waals surface area contributed by atoms with Crippen LogP contribution in [0.2, 0.25) is 5.02 Å². The highest BCUT2D eigenvalue weighted by Crippen LogP contribution is 2.37. The van der Waals surface area contributed by atoms with Crippen LogP contribution in [-0.2, 0) is 28.2 Å². The van der Waals surface area contributed by atoms with E-state index in [2.05, 4.69) is 20.6 Å². The lowest BCUT2D eigenvalue weighted by Gasteiger charge is -2.19. The third-order valence-corrected chi connectivity index (χ3v) is 7.78. The number of H-pyrrole nitrogens is 1. The molecule has 8 nitrogen and oxygen atoms in total. The van der Waals surface area contributed by atoms with Crippen LogP contribution < -0.4 is 20.9 Å². The quantitative estimate of drug-likeness (QED) is 0.454. The van der Waals surface area contributed by atoms with Crippen LogP contribution in [0.3, 0.4) is 0 Å². The van der Waals surface area contributed by atoms with Gasteiger partial charge in [-0.25, -0.2) is 4.98 Å². The van der Waals surface area contributed by atoms with E-state index in [0.29, 0.717) is 39.5 Å². The molecule has 0 spiro atoms. The number of thioether (sulfide) groups is 1. The summed E-state index contributed by atoms with van der Waals surface area (Å²) in [6, 6.07) is 3.15. The van der Waals surface area contributed by atoms with Crippen LogP contribution >= 0.6 is 34.7 Å². The zero-order chi connectivity index (χ0) is 22.2. The molecule has 2 aromatic heterocycles. The fourth-order valence-corrected chi connectivity index (χ4v) is 6.15. The number of amides is 2. The molecule has 0 radical (unpaired) electrons. The Morgan fingerprint density at radius 2 is 2.19 bits per heavy atom. The Kier molecular flexibility index (Phi) is 5.83. The molecule has 2 aliphatic rings. The molecule has 3 N–H and O–H groups in total. The number of nitrogens with zero attached hydrogens (tertiary/aromatic N) is 1. The fraction of sp³-hybridized carbons (Fsp3) is 0.333. The first-order valence-electron chi connectivity index (χ1n) is 10.1. The fourth-order valence-electron chi connectivity index (χ4n) is 3.86. The molecule has 3 heterocycles. The van der Waals surface area contributed by atoms with Gasteiger partial charge in [0.05, 0.1) is 27.5 Å². The molecule has 166 valence electrons. The van der Waals surface area contributed by atoms with Crippen LogP contribution in [0.5, 0.6) is 5.75 Å². The van der Waals surface area contributed by atoms with E-state index >= 15 is 0 Å². The molecule has 0 bridgehead atoms. The van der Waals surface area contributed by atoms with Gasteiger partial charge in [-0.05, 0) is 30.9 Å². The van der Waals surface area contributed by atoms with E-state index in [1.165, 1.54) is 22.2 Å². The maximum Gasteiger partial charge on any atom is 0.262 e. The van der Waals surface area contributed by atoms with Gasteiger partial charge in [0.25, 0.3) is 11.5 Å². The van der Waals surface area contributed by atoms with E-state index in [0.717, 1.165) is 29.5 Å². The molecule has 0 fully saturated rings. The molecule has 0 unspecified atom stereocenters. The Balaban J connectivity index is 1.16. The molecule has 11 heteroatoms. The average molecular weight is 491 g/mol. The summed E-state index contributed by atoms with van der Waals surface area (Å²) in [7, 11) is 0. The molecule has 3 aromatic rings. The second-order valence-corrected chi connectivity index (χ2v) is 10.2. The number of carbonyl (C=O) groups is 2. The van der Waals surface area contributed by atoms with Crippen molar-refractivity contribution in [3.63, 3.8) is 0 Å². The van der Waals surface area contributed by atoms with Crippen molar-refractivity contribution in [1.82, 2.24) is 9.97 Å². The number of aryl methyl sites for hydroxylation is 2. The summed E-state index contributed by atoms with van der Waals surface area (Å²) in [5.41, 5.74) is 2.01. The predicted molar refractivity (Wildman–Crippen MR) is 127 cm³/mol. The van der Waals surface area contributed by atoms with E-state index in [1.807, 2.05) is 0 Å². The van der Waals surface area contributed by atoms with Crippen molar-refractivity contribution < 1.29 is 14.3 Å². The third-order valence-electron chi connectivity index (χ3n) is 5.31. The topological polar surface area (TPSA) is 113 Å². The number of hydrogen-bond donors (Lipinski definition) is 3. The molecule has 0 atom stereocenters. The second-order valence-electron chi connectivity index (χ2n) is 7.57. The smallest absolute Gasteiger partial charge is 0.262 e. The van der Waals surface area contributed by atoms with E-state index in [4.69, 9.17) is 16.3 Å². The van der Waals surface area contributed by atoms with Crippen LogP contribution in [0.25, 0.3) is 10.2 Å². The van der Waals surface area contributed by atoms with Gasteiger partial charge >= 0.3 is 0 Å². The molecule has 0 saturated carbocycles. The van der Waals surface area contributed by atoms with Gasteiger partial charge in [-0.2, -0.15) is 11.8 Å². The normalized spacial score (nSPS) is 14.6. The molecule has 5 rings (SSSR count). The Morgan fingerprint density at radius 3 is 3.06 bits per heavy atom. The summed E-state index contributed by atoms with van der Waals surface area (Å²) < 4.78 is 5.36. The van der Waals surface area contributed by atoms with Gasteiger partial charge in [0.15, 0.2) is 6.61 Å². The van der Waals surface area contributed by atoms with Gasteiger partial charge in [0.1, 0.15) is 16.4 Å². The van der Waals surface area contributed by atoms with Crippen LogP contribution in [0.15, 0.2) is 16.9 Å². The van der Waals surface area contributed by atoms with Gasteiger partial charge < -0.3 is 20.4 Å². The van der Waals surface area contributed by atoms with Crippen molar-refractivity contribution in [2.75, 3.05) is 23.0 Å². The minimum absolute atomic E-state index is 0.0665. The Hall–Kier alpha value is -2.56. The molecular weight excluding hydrogens is 472 g/mol. The molecule has 1 aromatic carbocycles. The van der Waals surface area contributed by atoms with Crippen molar-refractivity contribution in [2.24, 2.45) is 0 Å². The average Bonchev–Trinajstić information content (AvgIpc) is 3.33. The van der Waals surface area contributed by atoms with E-state index < -0.39 is 0 Å². The summed E-state index contributed by atoms with van der Waals surface area (Å²) in [6.07, 6.45) is 3.37. The van der Waals surface area contributed by atoms with Crippen molar-refractivity contribution in [3.8, 4) is 5.75 Å². The number of nitrogens with one attached hydrogen (secondary N) is 3. The number of benzene rings is 1. The largest absolute Gasteiger partial charge is 0.482 e. The van der Waals surface area contributed by atoms with Gasteiger partial charge in [0, 0.05) is 23.1 Å². The Morgan fingerprint density at radius 1 is 1.31 bits per heavy atom. The molecular formula is C21H19ClN4O4S2. The predicted octanol–water partition coefficient (Wildman–Crippen LogP) is 3.72.